The van der Waals surface area contributed by atoms with Crippen molar-refractivity contribution in [1.29, 1.82) is 0 Å². The quantitative estimate of drug-likeness (QED) is 0.786. The van der Waals surface area contributed by atoms with Crippen LogP contribution in [0, 0.1) is 0 Å². The van der Waals surface area contributed by atoms with Crippen molar-refractivity contribution < 1.29 is 9.90 Å². The Bertz CT molecular complexity index is 663. The van der Waals surface area contributed by atoms with E-state index < -0.39 is 11.9 Å². The van der Waals surface area contributed by atoms with Crippen LogP contribution < -0.4 is 11.1 Å². The Hall–Kier alpha value is -2.34. The van der Waals surface area contributed by atoms with E-state index >= 15 is 0 Å². The number of nitrogens with two attached hydrogens (primary N) is 1. The Kier molecular flexibility index (Phi) is 4.59. The molecule has 0 fully saturated rings. The molecule has 2 aromatic rings. The number of carbonyl (C=O) groups excluding carboxylic acids is 1. The fourth-order valence-corrected chi connectivity index (χ4v) is 1.98. The Morgan fingerprint density at radius 3 is 2.90 bits per heavy atom. The van der Waals surface area contributed by atoms with Crippen molar-refractivity contribution in [3.8, 4) is 17.1 Å². The Labute approximate surface area is 127 Å². The third kappa shape index (κ3) is 3.61. The van der Waals surface area contributed by atoms with Gasteiger partial charge in [-0.05, 0) is 30.7 Å². The number of phenolic OH excluding ortho intramolecular Hbond substituents is 1. The first-order chi connectivity index (χ1) is 10.0. The zero-order chi connectivity index (χ0) is 15.4. The van der Waals surface area contributed by atoms with E-state index in [-0.39, 0.29) is 5.75 Å². The van der Waals surface area contributed by atoms with Gasteiger partial charge in [-0.2, -0.15) is 0 Å². The lowest BCUT2D eigenvalue weighted by Gasteiger charge is -2.14. The fraction of sp³-hybridized carbons (Fsp3) is 0.214. The molecule has 6 nitrogen and oxygen atoms in total. The number of amides is 1. The summed E-state index contributed by atoms with van der Waals surface area (Å²) in [6.07, 6.45) is 2.07. The third-order valence-corrected chi connectivity index (χ3v) is 3.16. The Morgan fingerprint density at radius 2 is 2.24 bits per heavy atom. The lowest BCUT2D eigenvalue weighted by Crippen LogP contribution is -2.35. The van der Waals surface area contributed by atoms with Crippen LogP contribution in [0.3, 0.4) is 0 Å². The van der Waals surface area contributed by atoms with Gasteiger partial charge in [-0.25, -0.2) is 9.97 Å². The zero-order valence-corrected chi connectivity index (χ0v) is 12.1. The molecule has 1 aromatic carbocycles. The molecule has 21 heavy (non-hydrogen) atoms. The van der Waals surface area contributed by atoms with Gasteiger partial charge in [0.15, 0.2) is 5.82 Å². The minimum Gasteiger partial charge on any atom is -0.507 e. The lowest BCUT2D eigenvalue weighted by atomic mass is 10.2. The van der Waals surface area contributed by atoms with Crippen molar-refractivity contribution in [2.75, 3.05) is 5.32 Å². The summed E-state index contributed by atoms with van der Waals surface area (Å²) in [5, 5.41) is 13.3. The average molecular weight is 307 g/mol. The summed E-state index contributed by atoms with van der Waals surface area (Å²) in [5.74, 6) is 0.325. The highest BCUT2D eigenvalue weighted by Gasteiger charge is 2.14. The van der Waals surface area contributed by atoms with Crippen LogP contribution in [0.1, 0.15) is 13.3 Å². The predicted molar refractivity (Wildman–Crippen MR) is 81.0 cm³/mol. The number of carbonyl (C=O) groups is 1. The highest BCUT2D eigenvalue weighted by molar-refractivity contribution is 6.30. The Morgan fingerprint density at radius 1 is 1.48 bits per heavy atom. The molecule has 1 aromatic heterocycles. The van der Waals surface area contributed by atoms with Crippen molar-refractivity contribution in [3.05, 3.63) is 35.5 Å². The van der Waals surface area contributed by atoms with Crippen LogP contribution in [0.25, 0.3) is 11.4 Å². The van der Waals surface area contributed by atoms with Crippen LogP contribution in [-0.2, 0) is 4.79 Å². The molecule has 1 atom stereocenters. The number of halogens is 1. The molecule has 0 spiro atoms. The number of phenols is 1. The van der Waals surface area contributed by atoms with Crippen LogP contribution in [0.2, 0.25) is 5.02 Å². The second kappa shape index (κ2) is 6.41. The predicted octanol–water partition coefficient (Wildman–Crippen LogP) is 2.18. The molecule has 4 N–H and O–H groups in total. The number of nitrogens with zero attached hydrogens (tertiary/aromatic N) is 2. The van der Waals surface area contributed by atoms with E-state index in [0.717, 1.165) is 0 Å². The highest BCUT2D eigenvalue weighted by atomic mass is 35.5. The first-order valence-corrected chi connectivity index (χ1v) is 6.77. The number of aromatic hydroxyl groups is 1. The number of aromatic nitrogens is 2. The fourth-order valence-electron chi connectivity index (χ4n) is 1.81. The van der Waals surface area contributed by atoms with E-state index in [4.69, 9.17) is 17.3 Å². The number of rotatable bonds is 5. The standard InChI is InChI=1S/C14H15ClN4O2/c1-2-10(13(16)21)18-12-5-6-17-14(19-12)9-7-8(15)3-4-11(9)20/h3-7,10,20H,2H2,1H3,(H2,16,21)(H,17,18,19)/t10-/m1/s1. The summed E-state index contributed by atoms with van der Waals surface area (Å²) in [5.41, 5.74) is 5.70. The van der Waals surface area contributed by atoms with Crippen LogP contribution in [0.4, 0.5) is 5.82 Å². The summed E-state index contributed by atoms with van der Waals surface area (Å²) < 4.78 is 0. The molecule has 1 heterocycles. The van der Waals surface area contributed by atoms with E-state index in [1.807, 2.05) is 6.92 Å². The molecule has 110 valence electrons. The zero-order valence-electron chi connectivity index (χ0n) is 11.4. The van der Waals surface area contributed by atoms with Gasteiger partial charge < -0.3 is 16.2 Å². The van der Waals surface area contributed by atoms with Gasteiger partial charge in [-0.3, -0.25) is 4.79 Å². The molecule has 0 saturated heterocycles. The summed E-state index contributed by atoms with van der Waals surface area (Å²) in [6.45, 7) is 1.84. The molecule has 0 aliphatic heterocycles. The SMILES string of the molecule is CC[C@@H](Nc1ccnc(-c2cc(Cl)ccc2O)n1)C(N)=O. The maximum Gasteiger partial charge on any atom is 0.239 e. The highest BCUT2D eigenvalue weighted by Crippen LogP contribution is 2.29. The van der Waals surface area contributed by atoms with E-state index in [1.165, 1.54) is 12.3 Å². The molecular formula is C14H15ClN4O2. The van der Waals surface area contributed by atoms with Crippen LogP contribution >= 0.6 is 11.6 Å². The second-order valence-corrected chi connectivity index (χ2v) is 4.87. The maximum atomic E-state index is 11.2. The summed E-state index contributed by atoms with van der Waals surface area (Å²) >= 11 is 5.91. The summed E-state index contributed by atoms with van der Waals surface area (Å²) in [4.78, 5) is 19.6. The van der Waals surface area contributed by atoms with Crippen molar-refractivity contribution in [2.24, 2.45) is 5.73 Å². The van der Waals surface area contributed by atoms with E-state index in [9.17, 15) is 9.90 Å². The molecule has 2 rings (SSSR count). The number of benzene rings is 1. The smallest absolute Gasteiger partial charge is 0.239 e. The van der Waals surface area contributed by atoms with Gasteiger partial charge in [-0.15, -0.1) is 0 Å². The van der Waals surface area contributed by atoms with E-state index in [2.05, 4.69) is 15.3 Å². The normalized spacial score (nSPS) is 11.9. The third-order valence-electron chi connectivity index (χ3n) is 2.93. The van der Waals surface area contributed by atoms with Gasteiger partial charge in [0.2, 0.25) is 5.91 Å². The topological polar surface area (TPSA) is 101 Å². The average Bonchev–Trinajstić information content (AvgIpc) is 2.47. The van der Waals surface area contributed by atoms with Crippen molar-refractivity contribution in [3.63, 3.8) is 0 Å². The molecule has 0 unspecified atom stereocenters. The monoisotopic (exact) mass is 306 g/mol. The Balaban J connectivity index is 2.33. The summed E-state index contributed by atoms with van der Waals surface area (Å²) in [7, 11) is 0. The van der Waals surface area contributed by atoms with Gasteiger partial charge in [-0.1, -0.05) is 18.5 Å². The molecule has 0 saturated carbocycles. The van der Waals surface area contributed by atoms with E-state index in [0.29, 0.717) is 28.6 Å². The number of hydrogen-bond donors (Lipinski definition) is 3. The van der Waals surface area contributed by atoms with Crippen LogP contribution in [0.15, 0.2) is 30.5 Å². The van der Waals surface area contributed by atoms with Gasteiger partial charge in [0.05, 0.1) is 5.56 Å². The molecule has 0 bridgehead atoms. The summed E-state index contributed by atoms with van der Waals surface area (Å²) in [6, 6.07) is 5.72. The van der Waals surface area contributed by atoms with Crippen molar-refractivity contribution >= 4 is 23.3 Å². The second-order valence-electron chi connectivity index (χ2n) is 4.43. The van der Waals surface area contributed by atoms with Crippen molar-refractivity contribution in [2.45, 2.75) is 19.4 Å². The minimum absolute atomic E-state index is 0.0264. The van der Waals surface area contributed by atoms with Crippen molar-refractivity contribution in [1.82, 2.24) is 9.97 Å². The van der Waals surface area contributed by atoms with Crippen LogP contribution in [-0.4, -0.2) is 27.0 Å². The van der Waals surface area contributed by atoms with Gasteiger partial charge >= 0.3 is 0 Å². The lowest BCUT2D eigenvalue weighted by molar-refractivity contribution is -0.118. The molecule has 1 amide bonds. The largest absolute Gasteiger partial charge is 0.507 e. The number of hydrogen-bond acceptors (Lipinski definition) is 5. The van der Waals surface area contributed by atoms with Gasteiger partial charge in [0.1, 0.15) is 17.6 Å². The maximum absolute atomic E-state index is 11.2. The van der Waals surface area contributed by atoms with E-state index in [1.54, 1.807) is 18.2 Å². The molecule has 7 heteroatoms. The van der Waals surface area contributed by atoms with Gasteiger partial charge in [0.25, 0.3) is 0 Å². The number of anilines is 1. The van der Waals surface area contributed by atoms with Gasteiger partial charge in [0, 0.05) is 11.2 Å². The first-order valence-electron chi connectivity index (χ1n) is 6.39. The minimum atomic E-state index is -0.513. The number of nitrogens with one attached hydrogen (secondary N) is 1. The molecule has 0 radical (unpaired) electrons. The molecule has 0 aliphatic carbocycles. The van der Waals surface area contributed by atoms with Crippen LogP contribution in [0.5, 0.6) is 5.75 Å². The number of primary amides is 1. The molecule has 0 aliphatic rings. The molecular weight excluding hydrogens is 292 g/mol. The first kappa shape index (κ1) is 15.1.